The van der Waals surface area contributed by atoms with Crippen LogP contribution in [0.2, 0.25) is 0 Å². The Hall–Kier alpha value is -1.06. The van der Waals surface area contributed by atoms with Gasteiger partial charge < -0.3 is 5.32 Å². The van der Waals surface area contributed by atoms with Crippen LogP contribution in [0.3, 0.4) is 0 Å². The van der Waals surface area contributed by atoms with Gasteiger partial charge in [0.25, 0.3) is 0 Å². The first-order valence-corrected chi connectivity index (χ1v) is 4.01. The number of hydrogen-bond donors (Lipinski definition) is 3. The topological polar surface area (TPSA) is 65.0 Å². The second-order valence-corrected chi connectivity index (χ2v) is 3.42. The summed E-state index contributed by atoms with van der Waals surface area (Å²) in [5.74, 6) is -0.159. The highest BCUT2D eigenvalue weighted by Gasteiger charge is 2.15. The first-order valence-electron chi connectivity index (χ1n) is 4.01. The fraction of sp³-hybridized carbons (Fsp3) is 0.750. The van der Waals surface area contributed by atoms with Crippen molar-refractivity contribution in [1.82, 2.24) is 10.6 Å². The van der Waals surface area contributed by atoms with Crippen molar-refractivity contribution in [3.63, 3.8) is 0 Å². The number of hydrogen-bond acceptors (Lipinski definition) is 2. The van der Waals surface area contributed by atoms with E-state index in [9.17, 15) is 4.79 Å². The summed E-state index contributed by atoms with van der Waals surface area (Å²) in [5, 5.41) is 12.6. The molecule has 0 aromatic heterocycles. The maximum Gasteiger partial charge on any atom is 0.223 e. The first kappa shape index (κ1) is 10.9. The summed E-state index contributed by atoms with van der Waals surface area (Å²) in [6, 6.07) is 0. The van der Waals surface area contributed by atoms with Gasteiger partial charge in [0.05, 0.1) is 0 Å². The lowest BCUT2D eigenvalue weighted by Crippen LogP contribution is -2.49. The molecular formula is C8H17N3O. The molecule has 1 amide bonds. The highest BCUT2D eigenvalue weighted by Crippen LogP contribution is 2.05. The molecule has 0 radical (unpaired) electrons. The van der Waals surface area contributed by atoms with E-state index in [1.807, 2.05) is 20.8 Å². The minimum absolute atomic E-state index is 0.0642. The van der Waals surface area contributed by atoms with Crippen LogP contribution in [0.25, 0.3) is 0 Å². The Kier molecular flexibility index (Phi) is 3.73. The summed E-state index contributed by atoms with van der Waals surface area (Å²) in [7, 11) is 0. The van der Waals surface area contributed by atoms with Crippen molar-refractivity contribution >= 4 is 11.9 Å². The van der Waals surface area contributed by atoms with E-state index in [0.717, 1.165) is 6.42 Å². The molecular weight excluding hydrogens is 154 g/mol. The van der Waals surface area contributed by atoms with Gasteiger partial charge in [0.1, 0.15) is 0 Å². The Morgan fingerprint density at radius 1 is 1.50 bits per heavy atom. The van der Waals surface area contributed by atoms with Gasteiger partial charge in [-0.2, -0.15) is 0 Å². The first-order chi connectivity index (χ1) is 5.37. The van der Waals surface area contributed by atoms with Crippen molar-refractivity contribution in [3.05, 3.63) is 0 Å². The van der Waals surface area contributed by atoms with E-state index in [1.54, 1.807) is 0 Å². The van der Waals surface area contributed by atoms with E-state index in [1.165, 1.54) is 6.92 Å². The van der Waals surface area contributed by atoms with Crippen LogP contribution >= 0.6 is 0 Å². The molecule has 0 atom stereocenters. The fourth-order valence-electron chi connectivity index (χ4n) is 0.634. The molecule has 3 N–H and O–H groups in total. The Labute approximate surface area is 73.2 Å². The fourth-order valence-corrected chi connectivity index (χ4v) is 0.634. The van der Waals surface area contributed by atoms with Crippen LogP contribution in [-0.2, 0) is 4.79 Å². The SMILES string of the molecule is CCC(C)(C)NC(=N)NC(C)=O. The Morgan fingerprint density at radius 3 is 2.33 bits per heavy atom. The molecule has 12 heavy (non-hydrogen) atoms. The van der Waals surface area contributed by atoms with Gasteiger partial charge in [0.15, 0.2) is 5.96 Å². The standard InChI is InChI=1S/C8H17N3O/c1-5-8(3,4)11-7(9)10-6(2)12/h5H2,1-4H3,(H3,9,10,11,12). The van der Waals surface area contributed by atoms with Crippen LogP contribution in [-0.4, -0.2) is 17.4 Å². The average Bonchev–Trinajstić information content (AvgIpc) is 1.84. The van der Waals surface area contributed by atoms with Crippen LogP contribution in [0.15, 0.2) is 0 Å². The maximum atomic E-state index is 10.5. The van der Waals surface area contributed by atoms with Gasteiger partial charge in [-0.25, -0.2) is 0 Å². The summed E-state index contributed by atoms with van der Waals surface area (Å²) >= 11 is 0. The van der Waals surface area contributed by atoms with E-state index in [0.29, 0.717) is 0 Å². The van der Waals surface area contributed by atoms with E-state index < -0.39 is 0 Å². The van der Waals surface area contributed by atoms with Gasteiger partial charge in [0.2, 0.25) is 5.91 Å². The molecule has 0 fully saturated rings. The van der Waals surface area contributed by atoms with Crippen LogP contribution in [0.5, 0.6) is 0 Å². The van der Waals surface area contributed by atoms with Crippen molar-refractivity contribution in [2.45, 2.75) is 39.7 Å². The molecule has 70 valence electrons. The molecule has 4 nitrogen and oxygen atoms in total. The van der Waals surface area contributed by atoms with E-state index in [4.69, 9.17) is 5.41 Å². The van der Waals surface area contributed by atoms with Crippen molar-refractivity contribution < 1.29 is 4.79 Å². The number of carbonyl (C=O) groups excluding carboxylic acids is 1. The summed E-state index contributed by atoms with van der Waals surface area (Å²) in [6.45, 7) is 7.36. The predicted octanol–water partition coefficient (Wildman–Crippen LogP) is 0.835. The van der Waals surface area contributed by atoms with Gasteiger partial charge >= 0.3 is 0 Å². The minimum atomic E-state index is -0.223. The number of amides is 1. The number of nitrogens with one attached hydrogen (secondary N) is 3. The molecule has 0 aromatic carbocycles. The summed E-state index contributed by atoms with van der Waals surface area (Å²) in [4.78, 5) is 10.5. The zero-order chi connectivity index (χ0) is 9.78. The lowest BCUT2D eigenvalue weighted by molar-refractivity contribution is -0.117. The Balaban J connectivity index is 3.92. The zero-order valence-electron chi connectivity index (χ0n) is 8.12. The van der Waals surface area contributed by atoms with E-state index in [2.05, 4.69) is 10.6 Å². The Bertz CT molecular complexity index is 187. The number of rotatable bonds is 2. The number of carbonyl (C=O) groups is 1. The molecule has 0 rings (SSSR count). The maximum absolute atomic E-state index is 10.5. The normalized spacial score (nSPS) is 10.7. The molecule has 4 heteroatoms. The number of guanidine groups is 1. The molecule has 0 aliphatic rings. The van der Waals surface area contributed by atoms with Gasteiger partial charge in [-0.1, -0.05) is 6.92 Å². The third-order valence-corrected chi connectivity index (χ3v) is 1.65. The largest absolute Gasteiger partial charge is 0.351 e. The molecule has 0 spiro atoms. The molecule has 0 aromatic rings. The molecule has 0 heterocycles. The second kappa shape index (κ2) is 4.09. The molecule has 0 aliphatic carbocycles. The summed E-state index contributed by atoms with van der Waals surface area (Å²) in [6.07, 6.45) is 0.898. The summed E-state index contributed by atoms with van der Waals surface area (Å²) < 4.78 is 0. The third kappa shape index (κ3) is 4.71. The highest BCUT2D eigenvalue weighted by atomic mass is 16.1. The Morgan fingerprint density at radius 2 is 2.00 bits per heavy atom. The van der Waals surface area contributed by atoms with Crippen LogP contribution in [0.4, 0.5) is 0 Å². The molecule has 0 bridgehead atoms. The predicted molar refractivity (Wildman–Crippen MR) is 49.0 cm³/mol. The molecule has 0 saturated heterocycles. The van der Waals surface area contributed by atoms with E-state index >= 15 is 0 Å². The smallest absolute Gasteiger partial charge is 0.223 e. The zero-order valence-corrected chi connectivity index (χ0v) is 8.12. The van der Waals surface area contributed by atoms with Gasteiger partial charge in [0, 0.05) is 12.5 Å². The average molecular weight is 171 g/mol. The van der Waals surface area contributed by atoms with Crippen molar-refractivity contribution in [2.75, 3.05) is 0 Å². The van der Waals surface area contributed by atoms with Gasteiger partial charge in [-0.05, 0) is 20.3 Å². The van der Waals surface area contributed by atoms with Gasteiger partial charge in [-0.15, -0.1) is 0 Å². The van der Waals surface area contributed by atoms with E-state index in [-0.39, 0.29) is 17.4 Å². The highest BCUT2D eigenvalue weighted by molar-refractivity contribution is 5.94. The lowest BCUT2D eigenvalue weighted by atomic mass is 10.0. The third-order valence-electron chi connectivity index (χ3n) is 1.65. The second-order valence-electron chi connectivity index (χ2n) is 3.42. The monoisotopic (exact) mass is 171 g/mol. The summed E-state index contributed by atoms with van der Waals surface area (Å²) in [5.41, 5.74) is -0.139. The van der Waals surface area contributed by atoms with Crippen LogP contribution < -0.4 is 10.6 Å². The van der Waals surface area contributed by atoms with Crippen molar-refractivity contribution in [1.29, 1.82) is 5.41 Å². The molecule has 0 unspecified atom stereocenters. The lowest BCUT2D eigenvalue weighted by Gasteiger charge is -2.25. The van der Waals surface area contributed by atoms with Crippen molar-refractivity contribution in [2.24, 2.45) is 0 Å². The van der Waals surface area contributed by atoms with Crippen molar-refractivity contribution in [3.8, 4) is 0 Å². The molecule has 0 saturated carbocycles. The van der Waals surface area contributed by atoms with Crippen LogP contribution in [0.1, 0.15) is 34.1 Å². The van der Waals surface area contributed by atoms with Crippen LogP contribution in [0, 0.1) is 5.41 Å². The van der Waals surface area contributed by atoms with Gasteiger partial charge in [-0.3, -0.25) is 15.5 Å². The molecule has 0 aliphatic heterocycles. The quantitative estimate of drug-likeness (QED) is 0.425. The minimum Gasteiger partial charge on any atom is -0.351 e.